The number of nitrogens with one attached hydrogen (secondary N) is 1. The second kappa shape index (κ2) is 9.86. The van der Waals surface area contributed by atoms with Gasteiger partial charge in [-0.2, -0.15) is 0 Å². The van der Waals surface area contributed by atoms with Gasteiger partial charge in [0.05, 0.1) is 12.3 Å². The number of carbonyl (C=O) groups is 1. The maximum absolute atomic E-state index is 12.0. The number of benzene rings is 1. The second-order valence-corrected chi connectivity index (χ2v) is 9.35. The lowest BCUT2D eigenvalue weighted by molar-refractivity contribution is -0.131. The highest BCUT2D eigenvalue weighted by Gasteiger charge is 2.43. The van der Waals surface area contributed by atoms with Crippen LogP contribution in [0.5, 0.6) is 0 Å². The number of sulfone groups is 1. The van der Waals surface area contributed by atoms with E-state index in [4.69, 9.17) is 14.5 Å². The molecule has 1 heterocycles. The summed E-state index contributed by atoms with van der Waals surface area (Å²) in [4.78, 5) is 11.8. The van der Waals surface area contributed by atoms with E-state index in [-0.39, 0.29) is 25.2 Å². The number of hydrogen-bond acceptors (Lipinski definition) is 8. The lowest BCUT2D eigenvalue weighted by Gasteiger charge is -2.24. The predicted octanol–water partition coefficient (Wildman–Crippen LogP) is 0.995. The summed E-state index contributed by atoms with van der Waals surface area (Å²) in [6.07, 6.45) is 0.582. The maximum Gasteiger partial charge on any atom is 0.264 e. The van der Waals surface area contributed by atoms with E-state index in [0.717, 1.165) is 11.8 Å². The molecule has 0 fully saturated rings. The fourth-order valence-electron chi connectivity index (χ4n) is 2.67. The Bertz CT molecular complexity index is 1030. The normalized spacial score (nSPS) is 14.3. The SMILES string of the molecule is CO[C@H](CO)c1ccc(C#Cc2cc(CCC(C)(C(=O)NO)S(C)(=O)=O)no2)cc1. The molecule has 2 aromatic rings. The van der Waals surface area contributed by atoms with Crippen molar-refractivity contribution in [3.8, 4) is 11.8 Å². The Labute approximate surface area is 174 Å². The Kier molecular flexibility index (Phi) is 7.75. The number of hydrogen-bond donors (Lipinski definition) is 3. The lowest BCUT2D eigenvalue weighted by Crippen LogP contribution is -2.49. The van der Waals surface area contributed by atoms with Crippen LogP contribution < -0.4 is 5.48 Å². The first kappa shape index (κ1) is 23.6. The van der Waals surface area contributed by atoms with Crippen molar-refractivity contribution >= 4 is 15.7 Å². The van der Waals surface area contributed by atoms with Crippen LogP contribution in [0, 0.1) is 11.8 Å². The molecule has 2 atom stereocenters. The Balaban J connectivity index is 2.08. The maximum atomic E-state index is 12.0. The fraction of sp³-hybridized carbons (Fsp3) is 0.400. The van der Waals surface area contributed by atoms with E-state index in [0.29, 0.717) is 11.3 Å². The fourth-order valence-corrected chi connectivity index (χ4v) is 3.53. The molecule has 10 heteroatoms. The van der Waals surface area contributed by atoms with Gasteiger partial charge in [-0.1, -0.05) is 23.2 Å². The molecule has 0 bridgehead atoms. The van der Waals surface area contributed by atoms with Gasteiger partial charge in [-0.25, -0.2) is 13.9 Å². The number of aryl methyl sites for hydroxylation is 1. The van der Waals surface area contributed by atoms with Gasteiger partial charge in [-0.3, -0.25) is 10.0 Å². The average molecular weight is 436 g/mol. The Morgan fingerprint density at radius 2 is 2.00 bits per heavy atom. The number of aliphatic hydroxyl groups is 1. The first-order valence-corrected chi connectivity index (χ1v) is 10.9. The number of aliphatic hydroxyl groups excluding tert-OH is 1. The standard InChI is InChI=1S/C20H24N2O7S/c1-20(19(24)21-25,30(3,26)27)11-10-16-12-17(29-22-16)9-6-14-4-7-15(8-5-14)18(13-23)28-2/h4-5,7-8,12,18,23,25H,10-11,13H2,1-3H3,(H,21,24)/t18-,20?/m1/s1. The van der Waals surface area contributed by atoms with Crippen LogP contribution in [0.1, 0.15) is 42.0 Å². The van der Waals surface area contributed by atoms with E-state index in [1.165, 1.54) is 19.5 Å². The molecule has 0 spiro atoms. The first-order chi connectivity index (χ1) is 14.1. The highest BCUT2D eigenvalue weighted by atomic mass is 32.2. The third-order valence-corrected chi connectivity index (χ3v) is 6.91. The first-order valence-electron chi connectivity index (χ1n) is 9.00. The third kappa shape index (κ3) is 5.46. The van der Waals surface area contributed by atoms with E-state index in [2.05, 4.69) is 17.0 Å². The number of aromatic nitrogens is 1. The van der Waals surface area contributed by atoms with Crippen LogP contribution in [0.25, 0.3) is 0 Å². The van der Waals surface area contributed by atoms with Gasteiger partial charge in [0.25, 0.3) is 5.91 Å². The van der Waals surface area contributed by atoms with Crippen LogP contribution in [0.15, 0.2) is 34.9 Å². The van der Waals surface area contributed by atoms with Crippen LogP contribution in [-0.2, 0) is 25.8 Å². The summed E-state index contributed by atoms with van der Waals surface area (Å²) in [5.41, 5.74) is 3.38. The van der Waals surface area contributed by atoms with E-state index in [9.17, 15) is 18.3 Å². The highest BCUT2D eigenvalue weighted by Crippen LogP contribution is 2.23. The van der Waals surface area contributed by atoms with Crippen molar-refractivity contribution in [3.63, 3.8) is 0 Å². The van der Waals surface area contributed by atoms with Crippen LogP contribution in [0.2, 0.25) is 0 Å². The summed E-state index contributed by atoms with van der Waals surface area (Å²) >= 11 is 0. The molecular formula is C20H24N2O7S. The smallest absolute Gasteiger partial charge is 0.264 e. The van der Waals surface area contributed by atoms with Gasteiger partial charge in [0.2, 0.25) is 5.76 Å². The molecule has 0 saturated heterocycles. The van der Waals surface area contributed by atoms with Crippen molar-refractivity contribution in [2.75, 3.05) is 20.0 Å². The lowest BCUT2D eigenvalue weighted by atomic mass is 10.0. The van der Waals surface area contributed by atoms with Crippen LogP contribution in [0.4, 0.5) is 0 Å². The van der Waals surface area contributed by atoms with E-state index in [1.54, 1.807) is 30.3 Å². The molecular weight excluding hydrogens is 412 g/mol. The van der Waals surface area contributed by atoms with Crippen molar-refractivity contribution in [1.29, 1.82) is 0 Å². The quantitative estimate of drug-likeness (QED) is 0.316. The van der Waals surface area contributed by atoms with Gasteiger partial charge < -0.3 is 14.4 Å². The van der Waals surface area contributed by atoms with Gasteiger partial charge in [0, 0.05) is 25.0 Å². The summed E-state index contributed by atoms with van der Waals surface area (Å²) in [5, 5.41) is 21.9. The molecule has 2 rings (SSSR count). The topological polar surface area (TPSA) is 139 Å². The summed E-state index contributed by atoms with van der Waals surface area (Å²) in [7, 11) is -2.26. The van der Waals surface area contributed by atoms with Crippen molar-refractivity contribution in [2.45, 2.75) is 30.6 Å². The summed E-state index contributed by atoms with van der Waals surface area (Å²) < 4.78 is 32.5. The summed E-state index contributed by atoms with van der Waals surface area (Å²) in [6, 6.07) is 8.74. The zero-order chi connectivity index (χ0) is 22.4. The predicted molar refractivity (Wildman–Crippen MR) is 107 cm³/mol. The number of amides is 1. The molecule has 30 heavy (non-hydrogen) atoms. The van der Waals surface area contributed by atoms with Crippen LogP contribution >= 0.6 is 0 Å². The second-order valence-electron chi connectivity index (χ2n) is 6.91. The molecule has 162 valence electrons. The van der Waals surface area contributed by atoms with Gasteiger partial charge in [-0.05, 0) is 43.4 Å². The molecule has 0 radical (unpaired) electrons. The number of ether oxygens (including phenoxy) is 1. The molecule has 1 amide bonds. The number of nitrogens with zero attached hydrogens (tertiary/aromatic N) is 1. The minimum atomic E-state index is -3.78. The summed E-state index contributed by atoms with van der Waals surface area (Å²) in [6.45, 7) is 1.12. The number of hydroxylamine groups is 1. The molecule has 0 aliphatic rings. The minimum absolute atomic E-state index is 0.0926. The molecule has 1 unspecified atom stereocenters. The van der Waals surface area contributed by atoms with Gasteiger partial charge in [-0.15, -0.1) is 0 Å². The largest absolute Gasteiger partial charge is 0.393 e. The number of methoxy groups -OCH3 is 1. The monoisotopic (exact) mass is 436 g/mol. The molecule has 1 aromatic heterocycles. The van der Waals surface area contributed by atoms with Crippen molar-refractivity contribution in [1.82, 2.24) is 10.6 Å². The van der Waals surface area contributed by atoms with Gasteiger partial charge in [0.15, 0.2) is 9.84 Å². The van der Waals surface area contributed by atoms with E-state index >= 15 is 0 Å². The molecule has 0 saturated carbocycles. The molecule has 0 aliphatic heterocycles. The van der Waals surface area contributed by atoms with Crippen LogP contribution in [-0.4, -0.2) is 54.5 Å². The van der Waals surface area contributed by atoms with Crippen molar-refractivity contribution in [3.05, 3.63) is 52.9 Å². The summed E-state index contributed by atoms with van der Waals surface area (Å²) in [5.74, 6) is 5.02. The Morgan fingerprint density at radius 1 is 1.33 bits per heavy atom. The molecule has 9 nitrogen and oxygen atoms in total. The Hall–Kier alpha value is -2.71. The van der Waals surface area contributed by atoms with E-state index in [1.807, 2.05) is 0 Å². The van der Waals surface area contributed by atoms with Gasteiger partial charge >= 0.3 is 0 Å². The molecule has 0 aliphatic carbocycles. The van der Waals surface area contributed by atoms with Gasteiger partial charge in [0.1, 0.15) is 10.9 Å². The number of rotatable bonds is 8. The third-order valence-electron chi connectivity index (χ3n) is 4.88. The Morgan fingerprint density at radius 3 is 2.53 bits per heavy atom. The van der Waals surface area contributed by atoms with Crippen LogP contribution in [0.3, 0.4) is 0 Å². The average Bonchev–Trinajstić information content (AvgIpc) is 3.18. The van der Waals surface area contributed by atoms with Crippen molar-refractivity contribution in [2.24, 2.45) is 0 Å². The number of carbonyl (C=O) groups excluding carboxylic acids is 1. The minimum Gasteiger partial charge on any atom is -0.393 e. The molecule has 3 N–H and O–H groups in total. The zero-order valence-corrected chi connectivity index (χ0v) is 17.7. The molecule has 1 aromatic carbocycles. The highest BCUT2D eigenvalue weighted by molar-refractivity contribution is 7.92. The zero-order valence-electron chi connectivity index (χ0n) is 16.9. The van der Waals surface area contributed by atoms with E-state index < -0.39 is 26.6 Å². The van der Waals surface area contributed by atoms with Crippen molar-refractivity contribution < 1.29 is 32.8 Å².